The molecule has 3 rings (SSSR count). The van der Waals surface area contributed by atoms with Crippen LogP contribution in [0.15, 0.2) is 66.2 Å². The predicted octanol–water partition coefficient (Wildman–Crippen LogP) is 5.94. The molecule has 12 heteroatoms. The van der Waals surface area contributed by atoms with Gasteiger partial charge in [0.15, 0.2) is 18.1 Å². The molecule has 0 atom stereocenters. The maximum absolute atomic E-state index is 12.9. The number of amides is 2. The van der Waals surface area contributed by atoms with Crippen LogP contribution in [0, 0.1) is 11.3 Å². The SMILES string of the molecule is COc1ccc(NC(=O)COc2c(Cl)cc(/C=C(\C#N)C(=O)Nc3cccc(C(F)(F)F)c3)cc2OC)cc1. The minimum Gasteiger partial charge on any atom is -0.497 e. The van der Waals surface area contributed by atoms with Crippen molar-refractivity contribution in [2.24, 2.45) is 0 Å². The van der Waals surface area contributed by atoms with Crippen molar-refractivity contribution in [1.29, 1.82) is 5.26 Å². The Morgan fingerprint density at radius 3 is 2.33 bits per heavy atom. The molecule has 202 valence electrons. The molecule has 0 unspecified atom stereocenters. The lowest BCUT2D eigenvalue weighted by Crippen LogP contribution is -2.20. The Labute approximate surface area is 226 Å². The molecule has 0 heterocycles. The van der Waals surface area contributed by atoms with E-state index >= 15 is 0 Å². The highest BCUT2D eigenvalue weighted by atomic mass is 35.5. The first kappa shape index (κ1) is 28.9. The summed E-state index contributed by atoms with van der Waals surface area (Å²) in [5.74, 6) is -0.611. The van der Waals surface area contributed by atoms with Crippen LogP contribution < -0.4 is 24.8 Å². The molecule has 3 aromatic carbocycles. The van der Waals surface area contributed by atoms with E-state index in [2.05, 4.69) is 10.6 Å². The molecule has 0 aliphatic carbocycles. The van der Waals surface area contributed by atoms with E-state index < -0.39 is 35.7 Å². The molecule has 0 saturated heterocycles. The molecule has 3 aromatic rings. The topological polar surface area (TPSA) is 110 Å². The Morgan fingerprint density at radius 2 is 1.72 bits per heavy atom. The summed E-state index contributed by atoms with van der Waals surface area (Å²) in [6.07, 6.45) is -3.42. The lowest BCUT2D eigenvalue weighted by molar-refractivity contribution is -0.137. The number of ether oxygens (including phenoxy) is 3. The lowest BCUT2D eigenvalue weighted by Gasteiger charge is -2.14. The van der Waals surface area contributed by atoms with Crippen LogP contribution in [0.1, 0.15) is 11.1 Å². The molecule has 8 nitrogen and oxygen atoms in total. The summed E-state index contributed by atoms with van der Waals surface area (Å²) in [5, 5.41) is 14.4. The van der Waals surface area contributed by atoms with Crippen molar-refractivity contribution in [3.05, 3.63) is 82.4 Å². The van der Waals surface area contributed by atoms with E-state index in [4.69, 9.17) is 25.8 Å². The molecule has 0 aliphatic heterocycles. The number of nitriles is 1. The first-order chi connectivity index (χ1) is 18.5. The van der Waals surface area contributed by atoms with Gasteiger partial charge in [0.05, 0.1) is 24.8 Å². The second-order valence-electron chi connectivity index (χ2n) is 7.80. The average Bonchev–Trinajstić information content (AvgIpc) is 2.90. The van der Waals surface area contributed by atoms with Crippen LogP contribution in [0.3, 0.4) is 0 Å². The maximum Gasteiger partial charge on any atom is 0.416 e. The van der Waals surface area contributed by atoms with E-state index in [1.807, 2.05) is 0 Å². The number of anilines is 2. The molecular formula is C27H21ClF3N3O5. The third kappa shape index (κ3) is 7.90. The van der Waals surface area contributed by atoms with Gasteiger partial charge in [0.25, 0.3) is 11.8 Å². The van der Waals surface area contributed by atoms with Gasteiger partial charge in [0.2, 0.25) is 0 Å². The molecule has 39 heavy (non-hydrogen) atoms. The van der Waals surface area contributed by atoms with Crippen molar-refractivity contribution in [3.63, 3.8) is 0 Å². The zero-order chi connectivity index (χ0) is 28.6. The summed E-state index contributed by atoms with van der Waals surface area (Å²) < 4.78 is 54.7. The zero-order valence-corrected chi connectivity index (χ0v) is 21.3. The molecule has 2 amide bonds. The minimum absolute atomic E-state index is 0.0217. The third-order valence-electron chi connectivity index (χ3n) is 5.10. The minimum atomic E-state index is -4.60. The van der Waals surface area contributed by atoms with Gasteiger partial charge in [-0.15, -0.1) is 0 Å². The third-order valence-corrected chi connectivity index (χ3v) is 5.38. The number of methoxy groups -OCH3 is 2. The van der Waals surface area contributed by atoms with Gasteiger partial charge in [-0.25, -0.2) is 0 Å². The number of hydrogen-bond acceptors (Lipinski definition) is 6. The molecular weight excluding hydrogens is 539 g/mol. The fraction of sp³-hybridized carbons (Fsp3) is 0.148. The van der Waals surface area contributed by atoms with Crippen LogP contribution in [-0.2, 0) is 15.8 Å². The lowest BCUT2D eigenvalue weighted by atomic mass is 10.1. The van der Waals surface area contributed by atoms with Gasteiger partial charge in [0.1, 0.15) is 17.4 Å². The molecule has 0 spiro atoms. The van der Waals surface area contributed by atoms with Crippen molar-refractivity contribution < 1.29 is 37.0 Å². The number of nitrogens with one attached hydrogen (secondary N) is 2. The van der Waals surface area contributed by atoms with Crippen LogP contribution in [0.25, 0.3) is 6.08 Å². The van der Waals surface area contributed by atoms with Crippen LogP contribution in [0.4, 0.5) is 24.5 Å². The van der Waals surface area contributed by atoms with E-state index in [9.17, 15) is 28.0 Å². The first-order valence-corrected chi connectivity index (χ1v) is 11.5. The second-order valence-corrected chi connectivity index (χ2v) is 8.21. The first-order valence-electron chi connectivity index (χ1n) is 11.1. The van der Waals surface area contributed by atoms with Gasteiger partial charge >= 0.3 is 6.18 Å². The van der Waals surface area contributed by atoms with E-state index in [0.29, 0.717) is 11.4 Å². The van der Waals surface area contributed by atoms with Crippen molar-refractivity contribution in [2.45, 2.75) is 6.18 Å². The highest BCUT2D eigenvalue weighted by molar-refractivity contribution is 6.32. The second kappa shape index (κ2) is 12.7. The number of alkyl halides is 3. The number of halogens is 4. The van der Waals surface area contributed by atoms with E-state index in [1.165, 1.54) is 38.5 Å². The maximum atomic E-state index is 12.9. The van der Waals surface area contributed by atoms with Crippen molar-refractivity contribution in [2.75, 3.05) is 31.5 Å². The quantitative estimate of drug-likeness (QED) is 0.248. The largest absolute Gasteiger partial charge is 0.497 e. The molecule has 0 fully saturated rings. The van der Waals surface area contributed by atoms with Gasteiger partial charge in [-0.05, 0) is 66.2 Å². The average molecular weight is 560 g/mol. The van der Waals surface area contributed by atoms with E-state index in [0.717, 1.165) is 18.2 Å². The summed E-state index contributed by atoms with van der Waals surface area (Å²) in [4.78, 5) is 24.9. The van der Waals surface area contributed by atoms with Gasteiger partial charge in [0, 0.05) is 11.4 Å². The summed E-state index contributed by atoms with van der Waals surface area (Å²) >= 11 is 6.32. The highest BCUT2D eigenvalue weighted by Gasteiger charge is 2.30. The molecule has 0 saturated carbocycles. The zero-order valence-electron chi connectivity index (χ0n) is 20.6. The van der Waals surface area contributed by atoms with Gasteiger partial charge in [-0.3, -0.25) is 9.59 Å². The summed E-state index contributed by atoms with van der Waals surface area (Å²) in [5.41, 5.74) is -0.702. The Balaban J connectivity index is 1.73. The standard InChI is InChI=1S/C27H21ClF3N3O5/c1-37-21-8-6-19(7-9-21)33-24(35)15-39-25-22(28)11-16(12-23(25)38-2)10-17(14-32)26(36)34-20-5-3-4-18(13-20)27(29,30)31/h3-13H,15H2,1-2H3,(H,33,35)(H,34,36)/b17-10+. The van der Waals surface area contributed by atoms with Crippen LogP contribution in [0.5, 0.6) is 17.2 Å². The number of rotatable bonds is 9. The van der Waals surface area contributed by atoms with Crippen LogP contribution in [-0.4, -0.2) is 32.6 Å². The Hall–Kier alpha value is -4.69. The van der Waals surface area contributed by atoms with Crippen LogP contribution in [0.2, 0.25) is 5.02 Å². The van der Waals surface area contributed by atoms with Crippen molar-refractivity contribution in [1.82, 2.24) is 0 Å². The summed E-state index contributed by atoms with van der Waals surface area (Å²) in [6.45, 7) is -0.403. The molecule has 0 radical (unpaired) electrons. The number of hydrogen-bond donors (Lipinski definition) is 2. The summed E-state index contributed by atoms with van der Waals surface area (Å²) in [6, 6.07) is 15.2. The smallest absolute Gasteiger partial charge is 0.416 e. The highest BCUT2D eigenvalue weighted by Crippen LogP contribution is 2.37. The molecule has 0 bridgehead atoms. The fourth-order valence-corrected chi connectivity index (χ4v) is 3.53. The molecule has 0 aromatic heterocycles. The van der Waals surface area contributed by atoms with E-state index in [1.54, 1.807) is 30.3 Å². The Kier molecular flexibility index (Phi) is 9.41. The number of carbonyl (C=O) groups is 2. The monoisotopic (exact) mass is 559 g/mol. The van der Waals surface area contributed by atoms with E-state index in [-0.39, 0.29) is 27.8 Å². The van der Waals surface area contributed by atoms with Crippen LogP contribution >= 0.6 is 11.6 Å². The Morgan fingerprint density at radius 1 is 1.00 bits per heavy atom. The Bertz CT molecular complexity index is 1430. The number of nitrogens with zero attached hydrogens (tertiary/aromatic N) is 1. The predicted molar refractivity (Wildman–Crippen MR) is 139 cm³/mol. The van der Waals surface area contributed by atoms with Gasteiger partial charge < -0.3 is 24.8 Å². The van der Waals surface area contributed by atoms with Gasteiger partial charge in [-0.1, -0.05) is 17.7 Å². The summed E-state index contributed by atoms with van der Waals surface area (Å²) in [7, 11) is 2.85. The number of benzene rings is 3. The number of carbonyl (C=O) groups excluding carboxylic acids is 2. The molecule has 0 aliphatic rings. The van der Waals surface area contributed by atoms with Gasteiger partial charge in [-0.2, -0.15) is 18.4 Å². The van der Waals surface area contributed by atoms with Crippen molar-refractivity contribution in [3.8, 4) is 23.3 Å². The fourth-order valence-electron chi connectivity index (χ4n) is 3.26. The normalized spacial score (nSPS) is 11.3. The van der Waals surface area contributed by atoms with Crippen molar-refractivity contribution >= 4 is 40.9 Å². The molecule has 2 N–H and O–H groups in total.